The maximum atomic E-state index is 12.5. The van der Waals surface area contributed by atoms with E-state index in [0.29, 0.717) is 0 Å². The monoisotopic (exact) mass is 301 g/mol. The van der Waals surface area contributed by atoms with E-state index in [1.54, 1.807) is 7.11 Å². The smallest absolute Gasteiger partial charge is 0.329 e. The van der Waals surface area contributed by atoms with Crippen molar-refractivity contribution in [1.29, 1.82) is 0 Å². The van der Waals surface area contributed by atoms with Gasteiger partial charge in [-0.2, -0.15) is 0 Å². The molecular formula is C16H20BNO4. The molecule has 0 aliphatic carbocycles. The number of carbonyl (C=O) groups excluding carboxylic acids is 2. The molecule has 1 aliphatic heterocycles. The molecule has 0 N–H and O–H groups in total. The van der Waals surface area contributed by atoms with Crippen LogP contribution in [0.4, 0.5) is 4.79 Å². The topological polar surface area (TPSA) is 55.8 Å². The standard InChI is InChI=1S/C16H20BNO4/c1-16(2)12(21-3)9-18(15(17)20)13(16)14(19)22-10-11-7-5-4-6-8-11/h4-8,12-13H,9-10H2,1-3H3/t12-,13-/m1/s1. The molecule has 1 saturated heterocycles. The molecule has 1 fully saturated rings. The molecule has 1 amide bonds. The van der Waals surface area contributed by atoms with Crippen LogP contribution in [0.2, 0.25) is 0 Å². The molecule has 1 aliphatic rings. The van der Waals surface area contributed by atoms with E-state index in [0.717, 1.165) is 5.56 Å². The molecule has 0 unspecified atom stereocenters. The molecule has 0 bridgehead atoms. The quantitative estimate of drug-likeness (QED) is 0.628. The van der Waals surface area contributed by atoms with E-state index in [2.05, 4.69) is 0 Å². The first-order chi connectivity index (χ1) is 10.4. The van der Waals surface area contributed by atoms with E-state index in [-0.39, 0.29) is 19.3 Å². The number of methoxy groups -OCH3 is 1. The van der Waals surface area contributed by atoms with Crippen LogP contribution in [-0.2, 0) is 20.9 Å². The number of hydrogen-bond acceptors (Lipinski definition) is 4. The number of nitrogens with zero attached hydrogens (tertiary/aromatic N) is 1. The van der Waals surface area contributed by atoms with E-state index in [1.807, 2.05) is 44.2 Å². The number of hydrogen-bond donors (Lipinski definition) is 0. The van der Waals surface area contributed by atoms with Gasteiger partial charge in [-0.05, 0) is 5.56 Å². The van der Waals surface area contributed by atoms with Gasteiger partial charge in [0.1, 0.15) is 12.6 Å². The lowest BCUT2D eigenvalue weighted by Crippen LogP contribution is -2.47. The summed E-state index contributed by atoms with van der Waals surface area (Å²) in [6, 6.07) is 8.63. The zero-order valence-electron chi connectivity index (χ0n) is 13.1. The normalized spacial score (nSPS) is 23.3. The molecule has 1 aromatic carbocycles. The van der Waals surface area contributed by atoms with Gasteiger partial charge in [0.05, 0.1) is 6.10 Å². The molecule has 0 saturated carbocycles. The van der Waals surface area contributed by atoms with Crippen molar-refractivity contribution >= 4 is 19.6 Å². The second-order valence-electron chi connectivity index (χ2n) is 6.03. The van der Waals surface area contributed by atoms with Crippen molar-refractivity contribution < 1.29 is 19.1 Å². The number of carbonyl (C=O) groups is 2. The molecule has 2 atom stereocenters. The third-order valence-corrected chi connectivity index (χ3v) is 4.22. The van der Waals surface area contributed by atoms with E-state index in [1.165, 1.54) is 4.90 Å². The Morgan fingerprint density at radius 2 is 1.95 bits per heavy atom. The third-order valence-electron chi connectivity index (χ3n) is 4.22. The number of benzene rings is 1. The molecule has 6 heteroatoms. The Kier molecular flexibility index (Phi) is 4.91. The van der Waals surface area contributed by atoms with E-state index in [9.17, 15) is 9.59 Å². The largest absolute Gasteiger partial charge is 0.459 e. The van der Waals surface area contributed by atoms with Gasteiger partial charge in [0.2, 0.25) is 7.85 Å². The van der Waals surface area contributed by atoms with Crippen LogP contribution in [0, 0.1) is 5.41 Å². The van der Waals surface area contributed by atoms with Crippen molar-refractivity contribution in [3.05, 3.63) is 35.9 Å². The Bertz CT molecular complexity index is 546. The van der Waals surface area contributed by atoms with Gasteiger partial charge in [-0.3, -0.25) is 4.79 Å². The van der Waals surface area contributed by atoms with Crippen LogP contribution in [0.3, 0.4) is 0 Å². The molecule has 116 valence electrons. The van der Waals surface area contributed by atoms with Crippen molar-refractivity contribution in [2.24, 2.45) is 5.41 Å². The van der Waals surface area contributed by atoms with Crippen LogP contribution in [0.5, 0.6) is 0 Å². The maximum Gasteiger partial charge on any atom is 0.329 e. The summed E-state index contributed by atoms with van der Waals surface area (Å²) in [6.07, 6.45) is -0.269. The summed E-state index contributed by atoms with van der Waals surface area (Å²) < 4.78 is 10.8. The van der Waals surface area contributed by atoms with E-state index < -0.39 is 23.2 Å². The number of likely N-dealkylation sites (tertiary alicyclic amines) is 1. The number of ether oxygens (including phenoxy) is 2. The van der Waals surface area contributed by atoms with Crippen LogP contribution in [0.25, 0.3) is 0 Å². The zero-order chi connectivity index (χ0) is 16.3. The van der Waals surface area contributed by atoms with Crippen LogP contribution in [0.1, 0.15) is 19.4 Å². The first-order valence-corrected chi connectivity index (χ1v) is 7.17. The average molecular weight is 301 g/mol. The van der Waals surface area contributed by atoms with Crippen molar-refractivity contribution in [3.63, 3.8) is 0 Å². The van der Waals surface area contributed by atoms with Crippen molar-refractivity contribution in [3.8, 4) is 0 Å². The molecule has 2 rings (SSSR count). The Morgan fingerprint density at radius 3 is 2.50 bits per heavy atom. The molecule has 0 aromatic heterocycles. The predicted octanol–water partition coefficient (Wildman–Crippen LogP) is 1.74. The predicted molar refractivity (Wildman–Crippen MR) is 82.5 cm³/mol. The average Bonchev–Trinajstić information content (AvgIpc) is 2.76. The van der Waals surface area contributed by atoms with Gasteiger partial charge < -0.3 is 14.4 Å². The number of esters is 1. The van der Waals surface area contributed by atoms with E-state index in [4.69, 9.17) is 17.3 Å². The highest BCUT2D eigenvalue weighted by Gasteiger charge is 2.53. The fourth-order valence-corrected chi connectivity index (χ4v) is 2.93. The fraction of sp³-hybridized carbons (Fsp3) is 0.500. The lowest BCUT2D eigenvalue weighted by atomic mass is 9.82. The summed E-state index contributed by atoms with van der Waals surface area (Å²) in [4.78, 5) is 25.4. The Hall–Kier alpha value is -1.82. The Morgan fingerprint density at radius 1 is 1.32 bits per heavy atom. The highest BCUT2D eigenvalue weighted by atomic mass is 16.5. The molecule has 0 spiro atoms. The second-order valence-corrected chi connectivity index (χ2v) is 6.03. The zero-order valence-corrected chi connectivity index (χ0v) is 13.1. The fourth-order valence-electron chi connectivity index (χ4n) is 2.93. The summed E-state index contributed by atoms with van der Waals surface area (Å²) >= 11 is 0. The molecule has 22 heavy (non-hydrogen) atoms. The minimum atomic E-state index is -0.751. The molecular weight excluding hydrogens is 281 g/mol. The van der Waals surface area contributed by atoms with Crippen LogP contribution < -0.4 is 0 Å². The minimum Gasteiger partial charge on any atom is -0.459 e. The van der Waals surface area contributed by atoms with Crippen LogP contribution in [0.15, 0.2) is 30.3 Å². The van der Waals surface area contributed by atoms with Gasteiger partial charge in [-0.1, -0.05) is 44.2 Å². The van der Waals surface area contributed by atoms with Crippen molar-refractivity contribution in [1.82, 2.24) is 4.90 Å². The van der Waals surface area contributed by atoms with Crippen LogP contribution >= 0.6 is 0 Å². The van der Waals surface area contributed by atoms with Gasteiger partial charge >= 0.3 is 5.97 Å². The second kappa shape index (κ2) is 6.52. The first-order valence-electron chi connectivity index (χ1n) is 7.17. The Labute approximate surface area is 132 Å². The molecule has 1 aromatic rings. The summed E-state index contributed by atoms with van der Waals surface area (Å²) in [5.41, 5.74) is 0.318. The third kappa shape index (κ3) is 3.17. The van der Waals surface area contributed by atoms with E-state index >= 15 is 0 Å². The van der Waals surface area contributed by atoms with Gasteiger partial charge in [0.25, 0.3) is 0 Å². The molecule has 2 radical (unpaired) electrons. The van der Waals surface area contributed by atoms with Crippen LogP contribution in [-0.4, -0.2) is 50.3 Å². The lowest BCUT2D eigenvalue weighted by molar-refractivity contribution is -0.153. The summed E-state index contributed by atoms with van der Waals surface area (Å²) in [5.74, 6) is -1.11. The van der Waals surface area contributed by atoms with Crippen molar-refractivity contribution in [2.45, 2.75) is 32.6 Å². The maximum absolute atomic E-state index is 12.5. The first kappa shape index (κ1) is 16.6. The summed E-state index contributed by atoms with van der Waals surface area (Å²) in [7, 11) is 6.95. The summed E-state index contributed by atoms with van der Waals surface area (Å²) in [5, 5.41) is 0. The minimum absolute atomic E-state index is 0.163. The molecule has 5 nitrogen and oxygen atoms in total. The van der Waals surface area contributed by atoms with Crippen molar-refractivity contribution in [2.75, 3.05) is 13.7 Å². The van der Waals surface area contributed by atoms with Gasteiger partial charge in [0, 0.05) is 19.1 Å². The number of rotatable bonds is 4. The van der Waals surface area contributed by atoms with Gasteiger partial charge in [0.15, 0.2) is 5.81 Å². The summed E-state index contributed by atoms with van der Waals surface area (Å²) in [6.45, 7) is 4.19. The lowest BCUT2D eigenvalue weighted by Gasteiger charge is -2.31. The van der Waals surface area contributed by atoms with Gasteiger partial charge in [-0.25, -0.2) is 4.79 Å². The number of amides is 1. The Balaban J connectivity index is 2.12. The SMILES string of the molecule is [B]C(=O)N1C[C@@H](OC)C(C)(C)[C@H]1C(=O)OCc1ccccc1. The van der Waals surface area contributed by atoms with Gasteiger partial charge in [-0.15, -0.1) is 0 Å². The molecule has 1 heterocycles. The highest BCUT2D eigenvalue weighted by Crippen LogP contribution is 2.38. The highest BCUT2D eigenvalue weighted by molar-refractivity contribution is 6.57.